The molecule has 160 valence electrons. The Hall–Kier alpha value is -3.23. The molecule has 2 aromatic rings. The number of fused-ring (bicyclic) bond motifs is 1. The Labute approximate surface area is 172 Å². The van der Waals surface area contributed by atoms with Crippen LogP contribution in [0.1, 0.15) is 30.4 Å². The number of nitrogens with zero attached hydrogens (tertiary/aromatic N) is 1. The summed E-state index contributed by atoms with van der Waals surface area (Å²) in [5, 5.41) is 9.03. The summed E-state index contributed by atoms with van der Waals surface area (Å²) in [5.41, 5.74) is 1.74. The first-order valence-corrected chi connectivity index (χ1v) is 9.61. The van der Waals surface area contributed by atoms with Crippen LogP contribution in [0.3, 0.4) is 0 Å². The third kappa shape index (κ3) is 5.43. The third-order valence-corrected chi connectivity index (χ3v) is 4.65. The number of para-hydroxylation sites is 1. The van der Waals surface area contributed by atoms with E-state index in [1.54, 1.807) is 0 Å². The second-order valence-corrected chi connectivity index (χ2v) is 6.71. The summed E-state index contributed by atoms with van der Waals surface area (Å²) in [5.74, 6) is -0.673. The molecule has 2 aromatic carbocycles. The van der Waals surface area contributed by atoms with Crippen molar-refractivity contribution in [1.82, 2.24) is 10.6 Å². The molecule has 0 fully saturated rings. The number of hydrogen-bond acceptors (Lipinski definition) is 3. The van der Waals surface area contributed by atoms with E-state index in [0.717, 1.165) is 11.3 Å². The Bertz CT molecular complexity index is 921. The van der Waals surface area contributed by atoms with Crippen molar-refractivity contribution >= 4 is 17.6 Å². The number of guanidine groups is 1. The van der Waals surface area contributed by atoms with Gasteiger partial charge in [-0.3, -0.25) is 4.79 Å². The molecular formula is C21H23F3N4O2. The molecule has 0 bridgehead atoms. The van der Waals surface area contributed by atoms with Crippen LogP contribution in [0.5, 0.6) is 5.75 Å². The van der Waals surface area contributed by atoms with Crippen molar-refractivity contribution in [3.63, 3.8) is 0 Å². The van der Waals surface area contributed by atoms with Crippen LogP contribution in [0, 0.1) is 5.82 Å². The number of amides is 1. The Balaban J connectivity index is 1.73. The largest absolute Gasteiger partial charge is 0.434 e. The molecule has 0 radical (unpaired) electrons. The van der Waals surface area contributed by atoms with Gasteiger partial charge in [0, 0.05) is 31.1 Å². The molecule has 9 heteroatoms. The molecule has 1 aliphatic rings. The van der Waals surface area contributed by atoms with E-state index in [1.165, 1.54) is 18.2 Å². The average molecular weight is 420 g/mol. The number of halogens is 3. The number of carbonyl (C=O) groups is 1. The minimum Gasteiger partial charge on any atom is -0.434 e. The lowest BCUT2D eigenvalue weighted by atomic mass is 9.90. The smallest absolute Gasteiger partial charge is 0.387 e. The molecule has 6 nitrogen and oxygen atoms in total. The van der Waals surface area contributed by atoms with Gasteiger partial charge < -0.3 is 20.7 Å². The highest BCUT2D eigenvalue weighted by molar-refractivity contribution is 5.94. The molecule has 3 rings (SSSR count). The number of aliphatic imine (C=N–C) groups is 1. The maximum atomic E-state index is 14.1. The Kier molecular flexibility index (Phi) is 7.16. The highest BCUT2D eigenvalue weighted by Crippen LogP contribution is 2.31. The Morgan fingerprint density at radius 3 is 2.80 bits per heavy atom. The predicted molar refractivity (Wildman–Crippen MR) is 108 cm³/mol. The van der Waals surface area contributed by atoms with E-state index < -0.39 is 12.4 Å². The lowest BCUT2D eigenvalue weighted by Gasteiger charge is -2.26. The molecule has 1 unspecified atom stereocenters. The van der Waals surface area contributed by atoms with Crippen molar-refractivity contribution in [3.8, 4) is 5.75 Å². The van der Waals surface area contributed by atoms with Crippen molar-refractivity contribution in [2.75, 3.05) is 18.4 Å². The van der Waals surface area contributed by atoms with Gasteiger partial charge >= 0.3 is 6.61 Å². The molecule has 0 saturated heterocycles. The monoisotopic (exact) mass is 420 g/mol. The Morgan fingerprint density at radius 1 is 1.23 bits per heavy atom. The summed E-state index contributed by atoms with van der Waals surface area (Å²) >= 11 is 0. The fraction of sp³-hybridized carbons (Fsp3) is 0.333. The molecule has 1 atom stereocenters. The first kappa shape index (κ1) is 21.5. The quantitative estimate of drug-likeness (QED) is 0.473. The fourth-order valence-corrected chi connectivity index (χ4v) is 3.30. The van der Waals surface area contributed by atoms with Crippen LogP contribution in [0.15, 0.2) is 47.5 Å². The molecular weight excluding hydrogens is 397 g/mol. The summed E-state index contributed by atoms with van der Waals surface area (Å²) in [7, 11) is 0. The number of benzene rings is 2. The third-order valence-electron chi connectivity index (χ3n) is 4.65. The summed E-state index contributed by atoms with van der Waals surface area (Å²) in [4.78, 5) is 16.3. The average Bonchev–Trinajstić information content (AvgIpc) is 2.70. The van der Waals surface area contributed by atoms with Gasteiger partial charge in [0.1, 0.15) is 11.6 Å². The van der Waals surface area contributed by atoms with E-state index in [2.05, 4.69) is 25.7 Å². The van der Waals surface area contributed by atoms with Gasteiger partial charge in [0.15, 0.2) is 5.96 Å². The van der Waals surface area contributed by atoms with Crippen molar-refractivity contribution in [1.29, 1.82) is 0 Å². The van der Waals surface area contributed by atoms with Crippen LogP contribution in [-0.2, 0) is 11.3 Å². The summed E-state index contributed by atoms with van der Waals surface area (Å²) in [6.07, 6.45) is 0.323. The zero-order chi connectivity index (χ0) is 21.5. The van der Waals surface area contributed by atoms with Crippen LogP contribution < -0.4 is 20.7 Å². The minimum atomic E-state index is -3.06. The second-order valence-electron chi connectivity index (χ2n) is 6.71. The molecule has 0 spiro atoms. The van der Waals surface area contributed by atoms with Crippen LogP contribution in [0.25, 0.3) is 0 Å². The van der Waals surface area contributed by atoms with Gasteiger partial charge in [-0.25, -0.2) is 9.38 Å². The van der Waals surface area contributed by atoms with Crippen molar-refractivity contribution in [3.05, 3.63) is 59.4 Å². The van der Waals surface area contributed by atoms with E-state index in [-0.39, 0.29) is 29.7 Å². The van der Waals surface area contributed by atoms with E-state index in [4.69, 9.17) is 0 Å². The number of carbonyl (C=O) groups excluding carboxylic acids is 1. The molecule has 1 heterocycles. The first-order valence-electron chi connectivity index (χ1n) is 9.61. The maximum Gasteiger partial charge on any atom is 0.387 e. The van der Waals surface area contributed by atoms with E-state index in [0.29, 0.717) is 25.5 Å². The second kappa shape index (κ2) is 10.00. The molecule has 30 heavy (non-hydrogen) atoms. The lowest BCUT2D eigenvalue weighted by molar-refractivity contribution is -0.116. The molecule has 0 aromatic heterocycles. The maximum absolute atomic E-state index is 14.1. The number of alkyl halides is 2. The standard InChI is InChI=1S/C21H23F3N4O2/c1-2-25-21(27-12-15-16(22)7-5-9-18(15)30-20(23)24)26-11-13-10-19(29)28-17-8-4-3-6-14(13)17/h3-9,13,20H,2,10-12H2,1H3,(H,28,29)(H2,25,26,27). The van der Waals surface area contributed by atoms with Crippen molar-refractivity contribution in [2.45, 2.75) is 32.4 Å². The highest BCUT2D eigenvalue weighted by atomic mass is 19.3. The van der Waals surface area contributed by atoms with Gasteiger partial charge in [-0.15, -0.1) is 0 Å². The molecule has 3 N–H and O–H groups in total. The molecule has 1 amide bonds. The van der Waals surface area contributed by atoms with Gasteiger partial charge in [-0.05, 0) is 30.7 Å². The van der Waals surface area contributed by atoms with E-state index in [9.17, 15) is 18.0 Å². The topological polar surface area (TPSA) is 74.8 Å². The van der Waals surface area contributed by atoms with Crippen LogP contribution in [0.2, 0.25) is 0 Å². The number of rotatable bonds is 7. The number of anilines is 1. The minimum absolute atomic E-state index is 0.0580. The number of ether oxygens (including phenoxy) is 1. The van der Waals surface area contributed by atoms with Gasteiger partial charge in [0.25, 0.3) is 0 Å². The van der Waals surface area contributed by atoms with Crippen LogP contribution in [0.4, 0.5) is 18.9 Å². The molecule has 1 aliphatic heterocycles. The van der Waals surface area contributed by atoms with E-state index in [1.807, 2.05) is 31.2 Å². The van der Waals surface area contributed by atoms with Crippen molar-refractivity contribution < 1.29 is 22.7 Å². The van der Waals surface area contributed by atoms with Crippen LogP contribution >= 0.6 is 0 Å². The summed E-state index contributed by atoms with van der Waals surface area (Å²) in [6.45, 7) is -0.404. The number of hydrogen-bond donors (Lipinski definition) is 3. The van der Waals surface area contributed by atoms with Gasteiger partial charge in [0.05, 0.1) is 12.1 Å². The van der Waals surface area contributed by atoms with Gasteiger partial charge in [-0.2, -0.15) is 8.78 Å². The molecule has 0 saturated carbocycles. The van der Waals surface area contributed by atoms with Gasteiger partial charge in [0.2, 0.25) is 5.91 Å². The summed E-state index contributed by atoms with van der Waals surface area (Å²) < 4.78 is 43.7. The molecule has 0 aliphatic carbocycles. The highest BCUT2D eigenvalue weighted by Gasteiger charge is 2.24. The van der Waals surface area contributed by atoms with Crippen molar-refractivity contribution in [2.24, 2.45) is 4.99 Å². The SMILES string of the molecule is CCNC(=NCc1c(F)cccc1OC(F)F)NCC1CC(=O)Nc2ccccc21. The summed E-state index contributed by atoms with van der Waals surface area (Å²) in [6, 6.07) is 11.3. The van der Waals surface area contributed by atoms with Crippen LogP contribution in [-0.4, -0.2) is 31.6 Å². The zero-order valence-corrected chi connectivity index (χ0v) is 16.4. The number of nitrogens with one attached hydrogen (secondary N) is 3. The lowest BCUT2D eigenvalue weighted by Crippen LogP contribution is -2.40. The Morgan fingerprint density at radius 2 is 2.03 bits per heavy atom. The fourth-order valence-electron chi connectivity index (χ4n) is 3.30. The predicted octanol–water partition coefficient (Wildman–Crippen LogP) is 3.61. The first-order chi connectivity index (χ1) is 14.5. The van der Waals surface area contributed by atoms with E-state index >= 15 is 0 Å². The normalized spacial score (nSPS) is 16.1. The van der Waals surface area contributed by atoms with Gasteiger partial charge in [-0.1, -0.05) is 24.3 Å². The zero-order valence-electron chi connectivity index (χ0n) is 16.4.